The molecule has 32 heavy (non-hydrogen) atoms. The van der Waals surface area contributed by atoms with Crippen LogP contribution in [0.1, 0.15) is 41.1 Å². The lowest BCUT2D eigenvalue weighted by atomic mass is 9.57. The van der Waals surface area contributed by atoms with E-state index in [2.05, 4.69) is 47.6 Å². The molecule has 1 saturated carbocycles. The van der Waals surface area contributed by atoms with Gasteiger partial charge in [0.05, 0.1) is 11.5 Å². The van der Waals surface area contributed by atoms with Gasteiger partial charge in [0.2, 0.25) is 0 Å². The number of carbonyl (C=O) groups is 1. The molecule has 1 amide bonds. The molecule has 1 fully saturated rings. The maximum atomic E-state index is 13.1. The van der Waals surface area contributed by atoms with Crippen LogP contribution in [-0.2, 0) is 12.5 Å². The van der Waals surface area contributed by atoms with E-state index in [4.69, 9.17) is 5.26 Å². The van der Waals surface area contributed by atoms with Crippen LogP contribution in [0, 0.1) is 17.2 Å². The molecular weight excluding hydrogens is 472 g/mol. The highest BCUT2D eigenvalue weighted by Crippen LogP contribution is 2.53. The van der Waals surface area contributed by atoms with Gasteiger partial charge in [-0.05, 0) is 48.6 Å². The molecule has 9 nitrogen and oxygen atoms in total. The van der Waals surface area contributed by atoms with Crippen LogP contribution in [0.4, 0.5) is 5.69 Å². The first-order valence-electron chi connectivity index (χ1n) is 10.1. The van der Waals surface area contributed by atoms with Gasteiger partial charge in [0, 0.05) is 23.6 Å². The summed E-state index contributed by atoms with van der Waals surface area (Å²) in [6, 6.07) is 13.6. The second kappa shape index (κ2) is 7.84. The summed E-state index contributed by atoms with van der Waals surface area (Å²) in [6.07, 6.45) is 5.26. The number of nitrogens with zero attached hydrogens (tertiary/aromatic N) is 7. The Morgan fingerprint density at radius 1 is 1.34 bits per heavy atom. The number of pyridine rings is 1. The second-order valence-corrected chi connectivity index (χ2v) is 9.02. The Hall–Kier alpha value is -3.58. The predicted molar refractivity (Wildman–Crippen MR) is 120 cm³/mol. The van der Waals surface area contributed by atoms with Gasteiger partial charge in [0.25, 0.3) is 5.91 Å². The number of aromatic nitrogens is 6. The molecule has 1 aromatic carbocycles. The maximum absolute atomic E-state index is 13.1. The summed E-state index contributed by atoms with van der Waals surface area (Å²) in [7, 11) is 1.93. The molecule has 0 unspecified atom stereocenters. The average Bonchev–Trinajstić information content (AvgIpc) is 3.39. The Balaban J connectivity index is 1.47. The van der Waals surface area contributed by atoms with Gasteiger partial charge >= 0.3 is 0 Å². The molecule has 4 aromatic rings. The van der Waals surface area contributed by atoms with E-state index in [0.717, 1.165) is 28.7 Å². The highest BCUT2D eigenvalue weighted by atomic mass is 79.9. The highest BCUT2D eigenvalue weighted by Gasteiger charge is 2.49. The van der Waals surface area contributed by atoms with Gasteiger partial charge < -0.3 is 9.88 Å². The van der Waals surface area contributed by atoms with Crippen molar-refractivity contribution in [3.05, 3.63) is 70.6 Å². The third-order valence-electron chi connectivity index (χ3n) is 6.04. The lowest BCUT2D eigenvalue weighted by Gasteiger charge is -2.46. The maximum Gasteiger partial charge on any atom is 0.274 e. The number of hydrogen-bond donors (Lipinski definition) is 1. The van der Waals surface area contributed by atoms with Crippen LogP contribution in [0.15, 0.2) is 53.5 Å². The smallest absolute Gasteiger partial charge is 0.274 e. The van der Waals surface area contributed by atoms with E-state index in [1.807, 2.05) is 35.9 Å². The molecular formula is C22H19BrN8O. The molecule has 160 valence electrons. The van der Waals surface area contributed by atoms with E-state index < -0.39 is 0 Å². The van der Waals surface area contributed by atoms with Gasteiger partial charge in [0.1, 0.15) is 24.2 Å². The first-order valence-corrected chi connectivity index (χ1v) is 10.9. The summed E-state index contributed by atoms with van der Waals surface area (Å²) in [5.41, 5.74) is 2.34. The van der Waals surface area contributed by atoms with Crippen molar-refractivity contribution in [3.63, 3.8) is 0 Å². The summed E-state index contributed by atoms with van der Waals surface area (Å²) in [5.74, 6) is 0.895. The van der Waals surface area contributed by atoms with Gasteiger partial charge in [-0.25, -0.2) is 9.50 Å². The number of amides is 1. The number of fused-ring (bicyclic) bond motifs is 1. The second-order valence-electron chi connectivity index (χ2n) is 8.11. The zero-order valence-electron chi connectivity index (χ0n) is 17.2. The molecule has 0 saturated heterocycles. The molecule has 0 aliphatic heterocycles. The Morgan fingerprint density at radius 2 is 2.19 bits per heavy atom. The first kappa shape index (κ1) is 20.3. The number of rotatable bonds is 5. The van der Waals surface area contributed by atoms with E-state index in [1.54, 1.807) is 18.5 Å². The molecule has 5 rings (SSSR count). The number of hydrogen-bond acceptors (Lipinski definition) is 6. The van der Waals surface area contributed by atoms with Crippen molar-refractivity contribution in [2.75, 3.05) is 5.32 Å². The fourth-order valence-corrected chi connectivity index (χ4v) is 5.03. The number of nitriles is 1. The fraction of sp³-hybridized carbons (Fsp3) is 0.273. The van der Waals surface area contributed by atoms with Crippen molar-refractivity contribution in [2.45, 2.75) is 24.7 Å². The predicted octanol–water partition coefficient (Wildman–Crippen LogP) is 3.48. The molecule has 10 heteroatoms. The van der Waals surface area contributed by atoms with Gasteiger partial charge in [-0.1, -0.05) is 28.1 Å². The number of nitrogens with one attached hydrogen (secondary N) is 1. The molecule has 0 radical (unpaired) electrons. The van der Waals surface area contributed by atoms with Gasteiger partial charge in [0.15, 0.2) is 5.65 Å². The first-order chi connectivity index (χ1) is 15.5. The standard InChI is InChI=1S/C22H19BrN8O/c1-30-13-26-29-21(30)22(10-14(11-22)5-6-24)15-3-2-4-17(7-15)28-20(32)18-8-16(23)9-19-25-12-27-31(18)19/h2-4,7-9,12-14H,5,10-11H2,1H3,(H,28,32). The number of benzene rings is 1. The Labute approximate surface area is 192 Å². The van der Waals surface area contributed by atoms with Crippen LogP contribution in [0.5, 0.6) is 0 Å². The minimum atomic E-state index is -0.331. The Morgan fingerprint density at radius 3 is 2.94 bits per heavy atom. The van der Waals surface area contributed by atoms with E-state index in [1.165, 1.54) is 10.8 Å². The lowest BCUT2D eigenvalue weighted by Crippen LogP contribution is -2.44. The van der Waals surface area contributed by atoms with Gasteiger partial charge in [-0.3, -0.25) is 4.79 Å². The molecule has 1 aliphatic rings. The normalized spacial score (nSPS) is 20.0. The van der Waals surface area contributed by atoms with E-state index in [-0.39, 0.29) is 11.3 Å². The molecule has 1 aliphatic carbocycles. The number of halogens is 1. The monoisotopic (exact) mass is 490 g/mol. The average molecular weight is 491 g/mol. The van der Waals surface area contributed by atoms with Crippen molar-refractivity contribution in [3.8, 4) is 6.07 Å². The number of carbonyl (C=O) groups excluding carboxylic acids is 1. The van der Waals surface area contributed by atoms with Crippen LogP contribution in [-0.4, -0.2) is 35.3 Å². The van der Waals surface area contributed by atoms with Crippen molar-refractivity contribution in [1.29, 1.82) is 5.26 Å². The molecule has 1 N–H and O–H groups in total. The summed E-state index contributed by atoms with van der Waals surface area (Å²) in [6.45, 7) is 0. The van der Waals surface area contributed by atoms with E-state index in [9.17, 15) is 4.79 Å². The van der Waals surface area contributed by atoms with Crippen LogP contribution >= 0.6 is 15.9 Å². The van der Waals surface area contributed by atoms with Crippen molar-refractivity contribution in [2.24, 2.45) is 13.0 Å². The fourth-order valence-electron chi connectivity index (χ4n) is 4.61. The number of anilines is 1. The zero-order valence-corrected chi connectivity index (χ0v) is 18.8. The Bertz CT molecular complexity index is 1360. The largest absolute Gasteiger partial charge is 0.321 e. The molecule has 0 bridgehead atoms. The van der Waals surface area contributed by atoms with Crippen molar-refractivity contribution < 1.29 is 4.79 Å². The minimum Gasteiger partial charge on any atom is -0.321 e. The van der Waals surface area contributed by atoms with Crippen molar-refractivity contribution >= 4 is 33.2 Å². The Kier molecular flexibility index (Phi) is 4.98. The molecule has 0 atom stereocenters. The zero-order chi connectivity index (χ0) is 22.3. The van der Waals surface area contributed by atoms with E-state index in [0.29, 0.717) is 29.4 Å². The quantitative estimate of drug-likeness (QED) is 0.457. The van der Waals surface area contributed by atoms with Crippen molar-refractivity contribution in [1.82, 2.24) is 29.4 Å². The van der Waals surface area contributed by atoms with Crippen LogP contribution in [0.25, 0.3) is 5.65 Å². The third-order valence-corrected chi connectivity index (χ3v) is 6.50. The van der Waals surface area contributed by atoms with Gasteiger partial charge in [-0.2, -0.15) is 10.4 Å². The lowest BCUT2D eigenvalue weighted by molar-refractivity contribution is 0.102. The summed E-state index contributed by atoms with van der Waals surface area (Å²) >= 11 is 3.42. The van der Waals surface area contributed by atoms with Crippen LogP contribution < -0.4 is 5.32 Å². The van der Waals surface area contributed by atoms with E-state index >= 15 is 0 Å². The number of aryl methyl sites for hydroxylation is 1. The highest BCUT2D eigenvalue weighted by molar-refractivity contribution is 9.10. The molecule has 3 heterocycles. The minimum absolute atomic E-state index is 0.289. The van der Waals surface area contributed by atoms with Crippen LogP contribution in [0.2, 0.25) is 0 Å². The third kappa shape index (κ3) is 3.35. The molecule has 3 aromatic heterocycles. The topological polar surface area (TPSA) is 114 Å². The SMILES string of the molecule is Cn1cnnc1C1(c2cccc(NC(=O)c3cc(Br)cc4ncnn34)c2)CC(CC#N)C1. The molecule has 0 spiro atoms. The summed E-state index contributed by atoms with van der Waals surface area (Å²) < 4.78 is 4.18. The van der Waals surface area contributed by atoms with Gasteiger partial charge in [-0.15, -0.1) is 10.2 Å². The summed E-state index contributed by atoms with van der Waals surface area (Å²) in [5, 5.41) is 24.7. The summed E-state index contributed by atoms with van der Waals surface area (Å²) in [4.78, 5) is 17.2. The van der Waals surface area contributed by atoms with Crippen LogP contribution in [0.3, 0.4) is 0 Å².